The van der Waals surface area contributed by atoms with Crippen LogP contribution in [0.2, 0.25) is 0 Å². The van der Waals surface area contributed by atoms with Gasteiger partial charge in [0.05, 0.1) is 0 Å². The second kappa shape index (κ2) is 5.50. The molecule has 2 heteroatoms. The van der Waals surface area contributed by atoms with E-state index in [1.54, 1.807) is 12.1 Å². The van der Waals surface area contributed by atoms with Gasteiger partial charge in [-0.2, -0.15) is 0 Å². The molecular formula is C16H18O2. The Balaban J connectivity index is 3.22. The highest BCUT2D eigenvalue weighted by Gasteiger charge is 2.09. The van der Waals surface area contributed by atoms with Crippen molar-refractivity contribution in [1.82, 2.24) is 0 Å². The fourth-order valence-corrected chi connectivity index (χ4v) is 1.58. The van der Waals surface area contributed by atoms with Crippen LogP contribution in [0.3, 0.4) is 0 Å². The van der Waals surface area contributed by atoms with Crippen LogP contribution in [0.15, 0.2) is 48.6 Å². The lowest BCUT2D eigenvalue weighted by atomic mass is 9.93. The van der Waals surface area contributed by atoms with Crippen LogP contribution >= 0.6 is 0 Å². The minimum absolute atomic E-state index is 0.0600. The summed E-state index contributed by atoms with van der Waals surface area (Å²) in [4.78, 5) is 11.4. The molecule has 1 N–H and O–H groups in total. The fourth-order valence-electron chi connectivity index (χ4n) is 1.58. The number of ketones is 1. The van der Waals surface area contributed by atoms with Crippen LogP contribution in [-0.4, -0.2) is 10.9 Å². The maximum Gasteiger partial charge on any atom is 0.159 e. The molecule has 0 aliphatic heterocycles. The quantitative estimate of drug-likeness (QED) is 0.636. The topological polar surface area (TPSA) is 37.3 Å². The molecule has 1 aromatic carbocycles. The van der Waals surface area contributed by atoms with Crippen molar-refractivity contribution in [2.75, 3.05) is 0 Å². The molecule has 1 aromatic rings. The maximum absolute atomic E-state index is 11.4. The molecule has 0 fully saturated rings. The number of carbonyl (C=O) groups is 1. The number of phenolic OH excluding ortho intramolecular Hbond substituents is 1. The Morgan fingerprint density at radius 1 is 1.17 bits per heavy atom. The Labute approximate surface area is 108 Å². The zero-order chi connectivity index (χ0) is 13.9. The smallest absolute Gasteiger partial charge is 0.159 e. The van der Waals surface area contributed by atoms with Crippen molar-refractivity contribution in [2.45, 2.75) is 20.8 Å². The Hall–Kier alpha value is -2.09. The Morgan fingerprint density at radius 2 is 1.72 bits per heavy atom. The van der Waals surface area contributed by atoms with E-state index in [1.165, 1.54) is 13.0 Å². The predicted octanol–water partition coefficient (Wildman–Crippen LogP) is 4.13. The van der Waals surface area contributed by atoms with E-state index in [0.29, 0.717) is 16.7 Å². The summed E-state index contributed by atoms with van der Waals surface area (Å²) >= 11 is 0. The minimum Gasteiger partial charge on any atom is -0.508 e. The van der Waals surface area contributed by atoms with E-state index in [9.17, 15) is 9.90 Å². The Bertz CT molecular complexity index is 548. The molecule has 0 radical (unpaired) electrons. The lowest BCUT2D eigenvalue weighted by molar-refractivity contribution is 0.101. The zero-order valence-corrected chi connectivity index (χ0v) is 11.1. The highest BCUT2D eigenvalue weighted by atomic mass is 16.3. The monoisotopic (exact) mass is 242 g/mol. The van der Waals surface area contributed by atoms with Crippen molar-refractivity contribution in [1.29, 1.82) is 0 Å². The summed E-state index contributed by atoms with van der Waals surface area (Å²) in [5.41, 5.74) is 3.72. The van der Waals surface area contributed by atoms with Crippen molar-refractivity contribution in [3.05, 3.63) is 59.7 Å². The molecule has 94 valence electrons. The average molecular weight is 242 g/mol. The van der Waals surface area contributed by atoms with Crippen LogP contribution in [0.25, 0.3) is 5.57 Å². The standard InChI is InChI=1S/C16H18O2/c1-6-10(2)11(3)12(4)14-7-15(13(5)17)9-16(18)8-14/h6-9,18H,3-4H2,1-2,5H3/b10-6-. The fraction of sp³-hybridized carbons (Fsp3) is 0.188. The van der Waals surface area contributed by atoms with Gasteiger partial charge < -0.3 is 5.11 Å². The van der Waals surface area contributed by atoms with E-state index >= 15 is 0 Å². The van der Waals surface area contributed by atoms with Crippen molar-refractivity contribution in [3.8, 4) is 5.75 Å². The Morgan fingerprint density at radius 3 is 2.22 bits per heavy atom. The number of rotatable bonds is 4. The van der Waals surface area contributed by atoms with Crippen molar-refractivity contribution in [2.24, 2.45) is 0 Å². The predicted molar refractivity (Wildman–Crippen MR) is 75.7 cm³/mol. The number of Topliss-reactive ketones (excluding diaryl/α,β-unsaturated/α-hetero) is 1. The largest absolute Gasteiger partial charge is 0.508 e. The first-order valence-corrected chi connectivity index (χ1v) is 5.73. The number of aromatic hydroxyl groups is 1. The number of carbonyl (C=O) groups excluding carboxylic acids is 1. The number of allylic oxidation sites excluding steroid dienone is 4. The van der Waals surface area contributed by atoms with Gasteiger partial charge in [-0.05, 0) is 61.3 Å². The molecule has 0 saturated carbocycles. The molecule has 0 aliphatic rings. The highest BCUT2D eigenvalue weighted by molar-refractivity contribution is 5.96. The summed E-state index contributed by atoms with van der Waals surface area (Å²) in [6, 6.07) is 4.76. The summed E-state index contributed by atoms with van der Waals surface area (Å²) in [6.45, 7) is 13.3. The van der Waals surface area contributed by atoms with Gasteiger partial charge in [0.25, 0.3) is 0 Å². The number of benzene rings is 1. The molecule has 0 heterocycles. The maximum atomic E-state index is 11.4. The highest BCUT2D eigenvalue weighted by Crippen LogP contribution is 2.28. The summed E-state index contributed by atoms with van der Waals surface area (Å²) in [5.74, 6) is -0.0295. The van der Waals surface area contributed by atoms with Gasteiger partial charge in [0.1, 0.15) is 5.75 Å². The number of hydrogen-bond acceptors (Lipinski definition) is 2. The van der Waals surface area contributed by atoms with Gasteiger partial charge >= 0.3 is 0 Å². The summed E-state index contributed by atoms with van der Waals surface area (Å²) in [7, 11) is 0. The second-order valence-electron chi connectivity index (χ2n) is 4.25. The second-order valence-corrected chi connectivity index (χ2v) is 4.25. The molecule has 0 atom stereocenters. The SMILES string of the molecule is C=C(C(=C)c1cc(O)cc(C(C)=O)c1)/C(C)=C\C. The van der Waals surface area contributed by atoms with Crippen LogP contribution < -0.4 is 0 Å². The van der Waals surface area contributed by atoms with E-state index in [4.69, 9.17) is 0 Å². The van der Waals surface area contributed by atoms with Gasteiger partial charge in [0, 0.05) is 5.56 Å². The summed E-state index contributed by atoms with van der Waals surface area (Å²) < 4.78 is 0. The zero-order valence-electron chi connectivity index (χ0n) is 11.1. The van der Waals surface area contributed by atoms with Crippen LogP contribution in [0.5, 0.6) is 5.75 Å². The molecule has 0 bridgehead atoms. The first-order chi connectivity index (χ1) is 8.36. The lowest BCUT2D eigenvalue weighted by Gasteiger charge is -2.11. The van der Waals surface area contributed by atoms with Gasteiger partial charge in [0.2, 0.25) is 0 Å². The number of hydrogen-bond donors (Lipinski definition) is 1. The summed E-state index contributed by atoms with van der Waals surface area (Å²) in [6.07, 6.45) is 1.95. The first-order valence-electron chi connectivity index (χ1n) is 5.73. The molecule has 0 aromatic heterocycles. The summed E-state index contributed by atoms with van der Waals surface area (Å²) in [5, 5.41) is 9.63. The van der Waals surface area contributed by atoms with Crippen LogP contribution in [-0.2, 0) is 0 Å². The molecule has 0 saturated heterocycles. The Kier molecular flexibility index (Phi) is 4.27. The molecule has 18 heavy (non-hydrogen) atoms. The molecule has 0 aliphatic carbocycles. The number of phenols is 1. The molecule has 1 rings (SSSR count). The van der Waals surface area contributed by atoms with E-state index in [0.717, 1.165) is 11.1 Å². The van der Waals surface area contributed by atoms with E-state index < -0.39 is 0 Å². The average Bonchev–Trinajstić information content (AvgIpc) is 2.35. The third-order valence-corrected chi connectivity index (χ3v) is 2.95. The van der Waals surface area contributed by atoms with Crippen molar-refractivity contribution < 1.29 is 9.90 Å². The molecule has 2 nitrogen and oxygen atoms in total. The molecular weight excluding hydrogens is 224 g/mol. The van der Waals surface area contributed by atoms with Gasteiger partial charge in [-0.3, -0.25) is 4.79 Å². The molecule has 0 amide bonds. The lowest BCUT2D eigenvalue weighted by Crippen LogP contribution is -1.95. The minimum atomic E-state index is -0.0895. The van der Waals surface area contributed by atoms with Crippen LogP contribution in [0.1, 0.15) is 36.7 Å². The van der Waals surface area contributed by atoms with Crippen molar-refractivity contribution >= 4 is 11.4 Å². The molecule has 0 spiro atoms. The van der Waals surface area contributed by atoms with E-state index in [-0.39, 0.29) is 11.5 Å². The van der Waals surface area contributed by atoms with Crippen LogP contribution in [0, 0.1) is 0 Å². The third kappa shape index (κ3) is 2.98. The van der Waals surface area contributed by atoms with Gasteiger partial charge in [0.15, 0.2) is 5.78 Å². The third-order valence-electron chi connectivity index (χ3n) is 2.95. The first kappa shape index (κ1) is 14.0. The van der Waals surface area contributed by atoms with E-state index in [2.05, 4.69) is 13.2 Å². The van der Waals surface area contributed by atoms with Crippen LogP contribution in [0.4, 0.5) is 0 Å². The van der Waals surface area contributed by atoms with E-state index in [1.807, 2.05) is 19.9 Å². The van der Waals surface area contributed by atoms with Crippen molar-refractivity contribution in [3.63, 3.8) is 0 Å². The van der Waals surface area contributed by atoms with Gasteiger partial charge in [-0.15, -0.1) is 0 Å². The van der Waals surface area contributed by atoms with Gasteiger partial charge in [-0.1, -0.05) is 19.2 Å². The molecule has 0 unspecified atom stereocenters. The van der Waals surface area contributed by atoms with Gasteiger partial charge in [-0.25, -0.2) is 0 Å². The normalized spacial score (nSPS) is 11.2.